The van der Waals surface area contributed by atoms with Crippen LogP contribution < -0.4 is 20.9 Å². The molecule has 0 bridgehead atoms. The fourth-order valence-electron chi connectivity index (χ4n) is 2.53. The maximum Gasteiger partial charge on any atom is 0.238 e. The average Bonchev–Trinajstić information content (AvgIpc) is 2.81. The van der Waals surface area contributed by atoms with Crippen LogP contribution in [0.1, 0.15) is 32.1 Å². The third kappa shape index (κ3) is 14.4. The highest BCUT2D eigenvalue weighted by atomic mass is 79.9. The van der Waals surface area contributed by atoms with Gasteiger partial charge in [0.1, 0.15) is 17.3 Å². The SMILES string of the molecule is NC(=O)C(Br)C(=O)CCCOc1ccc(Cl)cc1.NC(=O)CC(=O)CCCOc1ccc(Cl)cc1. The lowest BCUT2D eigenvalue weighted by atomic mass is 10.1. The van der Waals surface area contributed by atoms with Gasteiger partial charge in [-0.1, -0.05) is 39.1 Å². The van der Waals surface area contributed by atoms with Crippen LogP contribution in [0.25, 0.3) is 0 Å². The lowest BCUT2D eigenvalue weighted by Crippen LogP contribution is -2.30. The van der Waals surface area contributed by atoms with Crippen LogP contribution in [0, 0.1) is 0 Å². The van der Waals surface area contributed by atoms with Crippen LogP contribution in [0.2, 0.25) is 10.0 Å². The number of rotatable bonds is 14. The van der Waals surface area contributed by atoms with Gasteiger partial charge >= 0.3 is 0 Å². The van der Waals surface area contributed by atoms with E-state index in [0.29, 0.717) is 54.0 Å². The number of carbonyl (C=O) groups is 4. The van der Waals surface area contributed by atoms with Crippen molar-refractivity contribution in [2.75, 3.05) is 13.2 Å². The van der Waals surface area contributed by atoms with Crippen LogP contribution in [-0.2, 0) is 19.2 Å². The molecule has 0 aliphatic carbocycles. The number of carbonyl (C=O) groups excluding carboxylic acids is 4. The van der Waals surface area contributed by atoms with Gasteiger partial charge in [0, 0.05) is 22.9 Å². The molecule has 11 heteroatoms. The molecule has 190 valence electrons. The van der Waals surface area contributed by atoms with Crippen molar-refractivity contribution in [1.29, 1.82) is 0 Å². The quantitative estimate of drug-likeness (QED) is 0.192. The van der Waals surface area contributed by atoms with Gasteiger partial charge in [-0.2, -0.15) is 0 Å². The number of alkyl halides is 1. The Balaban J connectivity index is 0.000000351. The second kappa shape index (κ2) is 16.9. The van der Waals surface area contributed by atoms with E-state index in [1.54, 1.807) is 48.5 Å². The smallest absolute Gasteiger partial charge is 0.238 e. The highest BCUT2D eigenvalue weighted by molar-refractivity contribution is 9.10. The standard InChI is InChI=1S/C12H13BrClNO3.C12H14ClNO3/c13-11(12(15)17)10(16)2-1-7-18-9-5-3-8(14)4-6-9;13-9-3-5-11(6-4-9)17-7-1-2-10(15)8-12(14)16/h3-6,11H,1-2,7H2,(H2,15,17);3-6H,1-2,7-8H2,(H2,14,16). The molecule has 0 radical (unpaired) electrons. The molecule has 1 unspecified atom stereocenters. The normalized spacial score (nSPS) is 10.9. The molecule has 35 heavy (non-hydrogen) atoms. The first-order chi connectivity index (χ1) is 16.6. The Kier molecular flexibility index (Phi) is 14.7. The zero-order chi connectivity index (χ0) is 26.2. The summed E-state index contributed by atoms with van der Waals surface area (Å²) in [6.07, 6.45) is 1.44. The van der Waals surface area contributed by atoms with Crippen LogP contribution in [0.3, 0.4) is 0 Å². The maximum absolute atomic E-state index is 11.4. The Morgan fingerprint density at radius 3 is 1.60 bits per heavy atom. The summed E-state index contributed by atoms with van der Waals surface area (Å²) in [5, 5.41) is 1.29. The lowest BCUT2D eigenvalue weighted by molar-refractivity contribution is -0.127. The number of ether oxygens (including phenoxy) is 2. The van der Waals surface area contributed by atoms with Gasteiger partial charge in [0.25, 0.3) is 0 Å². The van der Waals surface area contributed by atoms with E-state index >= 15 is 0 Å². The molecule has 0 spiro atoms. The van der Waals surface area contributed by atoms with Crippen molar-refractivity contribution >= 4 is 62.5 Å². The number of hydrogen-bond acceptors (Lipinski definition) is 6. The number of nitrogens with two attached hydrogens (primary N) is 2. The van der Waals surface area contributed by atoms with Crippen LogP contribution in [0.4, 0.5) is 0 Å². The Morgan fingerprint density at radius 1 is 0.771 bits per heavy atom. The predicted molar refractivity (Wildman–Crippen MR) is 138 cm³/mol. The summed E-state index contributed by atoms with van der Waals surface area (Å²) >= 11 is 14.4. The summed E-state index contributed by atoms with van der Waals surface area (Å²) in [5.74, 6) is -0.249. The molecule has 2 aromatic rings. The van der Waals surface area contributed by atoms with Crippen LogP contribution in [0.15, 0.2) is 48.5 Å². The predicted octanol–water partition coefficient (Wildman–Crippen LogP) is 4.26. The minimum Gasteiger partial charge on any atom is -0.494 e. The third-order valence-corrected chi connectivity index (χ3v) is 5.70. The molecule has 2 rings (SSSR count). The van der Waals surface area contributed by atoms with E-state index in [0.717, 1.165) is 0 Å². The van der Waals surface area contributed by atoms with Crippen molar-refractivity contribution in [3.05, 3.63) is 58.6 Å². The topological polar surface area (TPSA) is 139 Å². The monoisotopic (exact) mass is 588 g/mol. The van der Waals surface area contributed by atoms with Gasteiger partial charge in [-0.3, -0.25) is 19.2 Å². The third-order valence-electron chi connectivity index (χ3n) is 4.24. The highest BCUT2D eigenvalue weighted by Gasteiger charge is 2.19. The van der Waals surface area contributed by atoms with Gasteiger partial charge in [0.05, 0.1) is 19.6 Å². The molecule has 2 amide bonds. The molecule has 0 saturated carbocycles. The second-order valence-electron chi connectivity index (χ2n) is 7.22. The van der Waals surface area contributed by atoms with E-state index < -0.39 is 16.6 Å². The van der Waals surface area contributed by atoms with E-state index in [-0.39, 0.29) is 24.4 Å². The number of ketones is 2. The molecule has 0 aliphatic rings. The van der Waals surface area contributed by atoms with Crippen LogP contribution >= 0.6 is 39.1 Å². The first kappa shape index (κ1) is 30.4. The molecule has 1 atom stereocenters. The molecule has 0 heterocycles. The molecule has 0 aromatic heterocycles. The number of amides is 2. The van der Waals surface area contributed by atoms with E-state index in [1.165, 1.54) is 0 Å². The van der Waals surface area contributed by atoms with E-state index in [2.05, 4.69) is 15.9 Å². The van der Waals surface area contributed by atoms with E-state index in [1.807, 2.05) is 0 Å². The molecule has 0 saturated heterocycles. The summed E-state index contributed by atoms with van der Waals surface area (Å²) in [7, 11) is 0. The van der Waals surface area contributed by atoms with Crippen molar-refractivity contribution in [2.45, 2.75) is 36.9 Å². The molecular weight excluding hydrogens is 563 g/mol. The van der Waals surface area contributed by atoms with Gasteiger partial charge in [0.15, 0.2) is 10.6 Å². The number of primary amides is 2. The minimum atomic E-state index is -0.909. The van der Waals surface area contributed by atoms with E-state index in [9.17, 15) is 19.2 Å². The van der Waals surface area contributed by atoms with Gasteiger partial charge < -0.3 is 20.9 Å². The van der Waals surface area contributed by atoms with Crippen molar-refractivity contribution in [2.24, 2.45) is 11.5 Å². The summed E-state index contributed by atoms with van der Waals surface area (Å²) < 4.78 is 10.8. The zero-order valence-electron chi connectivity index (χ0n) is 18.9. The average molecular weight is 590 g/mol. The first-order valence-corrected chi connectivity index (χ1v) is 12.3. The molecule has 4 N–H and O–H groups in total. The van der Waals surface area contributed by atoms with Crippen molar-refractivity contribution in [1.82, 2.24) is 0 Å². The highest BCUT2D eigenvalue weighted by Crippen LogP contribution is 2.17. The van der Waals surface area contributed by atoms with Gasteiger partial charge in [-0.05, 0) is 61.4 Å². The maximum atomic E-state index is 11.4. The van der Waals surface area contributed by atoms with Crippen molar-refractivity contribution in [3.63, 3.8) is 0 Å². The zero-order valence-corrected chi connectivity index (χ0v) is 22.0. The number of benzene rings is 2. The largest absolute Gasteiger partial charge is 0.494 e. The fraction of sp³-hybridized carbons (Fsp3) is 0.333. The second-order valence-corrected chi connectivity index (χ2v) is 9.01. The summed E-state index contributed by atoms with van der Waals surface area (Å²) in [6, 6.07) is 13.9. The lowest BCUT2D eigenvalue weighted by Gasteiger charge is -2.07. The summed E-state index contributed by atoms with van der Waals surface area (Å²) in [4.78, 5) is 42.8. The number of halogens is 3. The Labute approximate surface area is 222 Å². The molecular formula is C24H27BrCl2N2O6. The first-order valence-electron chi connectivity index (χ1n) is 10.6. The van der Waals surface area contributed by atoms with Gasteiger partial charge in [-0.25, -0.2) is 0 Å². The van der Waals surface area contributed by atoms with E-state index in [4.69, 9.17) is 44.1 Å². The summed E-state index contributed by atoms with van der Waals surface area (Å²) in [6.45, 7) is 0.817. The van der Waals surface area contributed by atoms with Gasteiger partial charge in [0.2, 0.25) is 11.8 Å². The molecule has 0 fully saturated rings. The molecule has 2 aromatic carbocycles. The molecule has 0 aliphatic heterocycles. The Bertz CT molecular complexity index is 971. The fourth-order valence-corrected chi connectivity index (χ4v) is 3.01. The van der Waals surface area contributed by atoms with Crippen molar-refractivity contribution < 1.29 is 28.7 Å². The van der Waals surface area contributed by atoms with Crippen molar-refractivity contribution in [3.8, 4) is 11.5 Å². The minimum absolute atomic E-state index is 0.155. The number of hydrogen-bond donors (Lipinski definition) is 2. The van der Waals surface area contributed by atoms with Crippen LogP contribution in [-0.4, -0.2) is 41.4 Å². The van der Waals surface area contributed by atoms with Crippen LogP contribution in [0.5, 0.6) is 11.5 Å². The van der Waals surface area contributed by atoms with Gasteiger partial charge in [-0.15, -0.1) is 0 Å². The summed E-state index contributed by atoms with van der Waals surface area (Å²) in [5.41, 5.74) is 9.90. The Hall–Kier alpha value is -2.62. The Morgan fingerprint density at radius 2 is 1.20 bits per heavy atom. The molecule has 8 nitrogen and oxygen atoms in total. The number of Topliss-reactive ketones (excluding diaryl/α,β-unsaturated/α-hetero) is 2.